The highest BCUT2D eigenvalue weighted by atomic mass is 16.3. The Morgan fingerprint density at radius 2 is 2.28 bits per heavy atom. The monoisotopic (exact) mass is 248 g/mol. The highest BCUT2D eigenvalue weighted by Gasteiger charge is 2.18. The van der Waals surface area contributed by atoms with Gasteiger partial charge in [0.05, 0.1) is 12.1 Å². The molecule has 0 fully saturated rings. The summed E-state index contributed by atoms with van der Waals surface area (Å²) in [7, 11) is 0. The number of carbonyl (C=O) groups is 1. The first-order valence-corrected chi connectivity index (χ1v) is 6.40. The number of nitrogens with one attached hydrogen (secondary N) is 2. The molecule has 3 N–H and O–H groups in total. The van der Waals surface area contributed by atoms with Gasteiger partial charge >= 0.3 is 0 Å². The Kier molecular flexibility index (Phi) is 3.99. The minimum Gasteiger partial charge on any atom is -0.392 e. The first-order valence-electron chi connectivity index (χ1n) is 6.40. The number of aliphatic hydroxyl groups is 1. The number of Topliss-reactive ketones (excluding diaryl/α,β-unsaturated/α-hetero) is 1. The molecule has 18 heavy (non-hydrogen) atoms. The zero-order valence-corrected chi connectivity index (χ0v) is 10.9. The number of rotatable bonds is 5. The fraction of sp³-hybridized carbons (Fsp3) is 0.500. The lowest BCUT2D eigenvalue weighted by Gasteiger charge is -2.14. The van der Waals surface area contributed by atoms with E-state index in [0.717, 1.165) is 24.2 Å². The van der Waals surface area contributed by atoms with E-state index in [2.05, 4.69) is 10.6 Å². The molecule has 0 bridgehead atoms. The standard InChI is InChI=1S/C14H20N2O2/c1-9(17)8-16-10(2)14(18)12-3-4-13-11(7-12)5-6-15-13/h3-4,7,9-10,15-17H,5-6,8H2,1-2H3. The number of anilines is 1. The molecule has 0 saturated carbocycles. The van der Waals surface area contributed by atoms with Crippen LogP contribution >= 0.6 is 0 Å². The van der Waals surface area contributed by atoms with E-state index in [9.17, 15) is 9.90 Å². The minimum atomic E-state index is -0.440. The molecule has 0 aliphatic carbocycles. The molecule has 0 aromatic heterocycles. The van der Waals surface area contributed by atoms with E-state index in [1.54, 1.807) is 6.92 Å². The van der Waals surface area contributed by atoms with Gasteiger partial charge in [0.1, 0.15) is 0 Å². The summed E-state index contributed by atoms with van der Waals surface area (Å²) in [5, 5.41) is 15.5. The first kappa shape index (κ1) is 13.1. The molecule has 1 aliphatic heterocycles. The van der Waals surface area contributed by atoms with Crippen LogP contribution in [0.4, 0.5) is 5.69 Å². The topological polar surface area (TPSA) is 61.4 Å². The molecule has 0 spiro atoms. The van der Waals surface area contributed by atoms with Crippen LogP contribution in [0.5, 0.6) is 0 Å². The summed E-state index contributed by atoms with van der Waals surface area (Å²) in [4.78, 5) is 12.2. The quantitative estimate of drug-likeness (QED) is 0.685. The molecular formula is C14H20N2O2. The number of ketones is 1. The molecule has 2 rings (SSSR count). The number of benzene rings is 1. The second-order valence-electron chi connectivity index (χ2n) is 4.89. The summed E-state index contributed by atoms with van der Waals surface area (Å²) in [5.41, 5.74) is 3.09. The summed E-state index contributed by atoms with van der Waals surface area (Å²) in [6.07, 6.45) is 0.538. The normalized spacial score (nSPS) is 16.8. The van der Waals surface area contributed by atoms with Crippen molar-refractivity contribution in [2.75, 3.05) is 18.4 Å². The molecule has 1 aromatic rings. The number of carbonyl (C=O) groups excluding carboxylic acids is 1. The van der Waals surface area contributed by atoms with E-state index in [0.29, 0.717) is 6.54 Å². The summed E-state index contributed by atoms with van der Waals surface area (Å²) in [6.45, 7) is 4.91. The van der Waals surface area contributed by atoms with Crippen molar-refractivity contribution in [1.82, 2.24) is 5.32 Å². The Morgan fingerprint density at radius 3 is 3.00 bits per heavy atom. The summed E-state index contributed by atoms with van der Waals surface area (Å²) < 4.78 is 0. The maximum Gasteiger partial charge on any atom is 0.179 e. The number of aliphatic hydroxyl groups excluding tert-OH is 1. The lowest BCUT2D eigenvalue weighted by Crippen LogP contribution is -2.38. The second-order valence-corrected chi connectivity index (χ2v) is 4.89. The van der Waals surface area contributed by atoms with Crippen molar-refractivity contribution in [1.29, 1.82) is 0 Å². The highest BCUT2D eigenvalue weighted by molar-refractivity contribution is 6.00. The molecule has 2 unspecified atom stereocenters. The van der Waals surface area contributed by atoms with Crippen molar-refractivity contribution >= 4 is 11.5 Å². The van der Waals surface area contributed by atoms with E-state index < -0.39 is 6.10 Å². The van der Waals surface area contributed by atoms with E-state index in [1.807, 2.05) is 25.1 Å². The van der Waals surface area contributed by atoms with Crippen LogP contribution in [0.1, 0.15) is 29.8 Å². The lowest BCUT2D eigenvalue weighted by atomic mass is 10.0. The molecule has 1 heterocycles. The first-order chi connectivity index (χ1) is 8.58. The van der Waals surface area contributed by atoms with Crippen LogP contribution in [0, 0.1) is 0 Å². The summed E-state index contributed by atoms with van der Waals surface area (Å²) in [6, 6.07) is 5.53. The van der Waals surface area contributed by atoms with Crippen LogP contribution in [0.25, 0.3) is 0 Å². The van der Waals surface area contributed by atoms with Crippen LogP contribution in [-0.2, 0) is 6.42 Å². The van der Waals surface area contributed by atoms with Gasteiger partial charge in [0.2, 0.25) is 0 Å². The van der Waals surface area contributed by atoms with E-state index in [4.69, 9.17) is 0 Å². The Hall–Kier alpha value is -1.39. The molecule has 4 heteroatoms. The van der Waals surface area contributed by atoms with Gasteiger partial charge in [-0.05, 0) is 44.0 Å². The van der Waals surface area contributed by atoms with Gasteiger partial charge in [0, 0.05) is 24.3 Å². The molecule has 2 atom stereocenters. The van der Waals surface area contributed by atoms with E-state index in [1.165, 1.54) is 5.56 Å². The summed E-state index contributed by atoms with van der Waals surface area (Å²) >= 11 is 0. The highest BCUT2D eigenvalue weighted by Crippen LogP contribution is 2.23. The van der Waals surface area contributed by atoms with Gasteiger partial charge in [-0.15, -0.1) is 0 Å². The molecular weight excluding hydrogens is 228 g/mol. The number of hydrogen-bond donors (Lipinski definition) is 3. The van der Waals surface area contributed by atoms with E-state index in [-0.39, 0.29) is 11.8 Å². The Bertz CT molecular complexity index is 443. The van der Waals surface area contributed by atoms with Crippen molar-refractivity contribution in [3.8, 4) is 0 Å². The lowest BCUT2D eigenvalue weighted by molar-refractivity contribution is 0.0941. The third kappa shape index (κ3) is 2.89. The Labute approximate surface area is 107 Å². The fourth-order valence-electron chi connectivity index (χ4n) is 2.15. The van der Waals surface area contributed by atoms with Gasteiger partial charge in [-0.3, -0.25) is 4.79 Å². The average molecular weight is 248 g/mol. The molecule has 1 aliphatic rings. The average Bonchev–Trinajstić information content (AvgIpc) is 2.81. The van der Waals surface area contributed by atoms with Crippen molar-refractivity contribution in [2.45, 2.75) is 32.4 Å². The van der Waals surface area contributed by atoms with Crippen molar-refractivity contribution in [2.24, 2.45) is 0 Å². The van der Waals surface area contributed by atoms with Gasteiger partial charge in [0.25, 0.3) is 0 Å². The van der Waals surface area contributed by atoms with Gasteiger partial charge in [0.15, 0.2) is 5.78 Å². The predicted molar refractivity (Wildman–Crippen MR) is 72.1 cm³/mol. The SMILES string of the molecule is CC(O)CNC(C)C(=O)c1ccc2c(c1)CCN2. The number of fused-ring (bicyclic) bond motifs is 1. The Balaban J connectivity index is 2.04. The largest absolute Gasteiger partial charge is 0.392 e. The van der Waals surface area contributed by atoms with E-state index >= 15 is 0 Å². The Morgan fingerprint density at radius 1 is 1.50 bits per heavy atom. The maximum absolute atomic E-state index is 12.2. The third-order valence-corrected chi connectivity index (χ3v) is 3.21. The van der Waals surface area contributed by atoms with Gasteiger partial charge in [-0.1, -0.05) is 0 Å². The van der Waals surface area contributed by atoms with Crippen molar-refractivity contribution in [3.63, 3.8) is 0 Å². The van der Waals surface area contributed by atoms with Crippen LogP contribution in [0.2, 0.25) is 0 Å². The fourth-order valence-corrected chi connectivity index (χ4v) is 2.15. The molecule has 98 valence electrons. The van der Waals surface area contributed by atoms with Gasteiger partial charge in [-0.25, -0.2) is 0 Å². The molecule has 0 radical (unpaired) electrons. The van der Waals surface area contributed by atoms with Crippen LogP contribution < -0.4 is 10.6 Å². The third-order valence-electron chi connectivity index (χ3n) is 3.21. The zero-order chi connectivity index (χ0) is 13.1. The maximum atomic E-state index is 12.2. The molecule has 0 amide bonds. The second kappa shape index (κ2) is 5.50. The predicted octanol–water partition coefficient (Wildman–Crippen LogP) is 1.20. The van der Waals surface area contributed by atoms with Gasteiger partial charge in [-0.2, -0.15) is 0 Å². The molecule has 4 nitrogen and oxygen atoms in total. The van der Waals surface area contributed by atoms with Gasteiger partial charge < -0.3 is 15.7 Å². The van der Waals surface area contributed by atoms with Crippen LogP contribution in [-0.4, -0.2) is 36.1 Å². The number of hydrogen-bond acceptors (Lipinski definition) is 4. The molecule has 1 aromatic carbocycles. The summed E-state index contributed by atoms with van der Waals surface area (Å²) in [5.74, 6) is 0.0744. The minimum absolute atomic E-state index is 0.0744. The smallest absolute Gasteiger partial charge is 0.179 e. The molecule has 0 saturated heterocycles. The zero-order valence-electron chi connectivity index (χ0n) is 10.9. The van der Waals surface area contributed by atoms with Crippen LogP contribution in [0.3, 0.4) is 0 Å². The van der Waals surface area contributed by atoms with Crippen LogP contribution in [0.15, 0.2) is 18.2 Å². The van der Waals surface area contributed by atoms with Crippen molar-refractivity contribution < 1.29 is 9.90 Å². The van der Waals surface area contributed by atoms with Crippen molar-refractivity contribution in [3.05, 3.63) is 29.3 Å².